The van der Waals surface area contributed by atoms with Crippen molar-refractivity contribution in [1.29, 1.82) is 0 Å². The molecule has 0 saturated heterocycles. The van der Waals surface area contributed by atoms with Crippen LogP contribution in [0.5, 0.6) is 0 Å². The molecule has 0 rings (SSSR count). The lowest BCUT2D eigenvalue weighted by Gasteiger charge is -2.43. The summed E-state index contributed by atoms with van der Waals surface area (Å²) in [4.78, 5) is 0. The summed E-state index contributed by atoms with van der Waals surface area (Å²) in [5, 5.41) is 7.94. The van der Waals surface area contributed by atoms with Gasteiger partial charge in [0, 0.05) is 6.61 Å². The zero-order chi connectivity index (χ0) is 28.4. The van der Waals surface area contributed by atoms with E-state index >= 15 is 0 Å². The fraction of sp³-hybridized carbons (Fsp3) is 1.00. The largest absolute Gasteiger partial charge is 0.390 e. The monoisotopic (exact) mass is 560 g/mol. The molecule has 0 aliphatic carbocycles. The Morgan fingerprint density at radius 3 is 1.20 bits per heavy atom. The normalized spacial score (nSPS) is 15.6. The van der Waals surface area contributed by atoms with Gasteiger partial charge in [-0.05, 0) is 6.42 Å². The Balaban J connectivity index is 6.05. The quantitative estimate of drug-likeness (QED) is 0.162. The minimum Gasteiger partial charge on any atom is -0.390 e. The van der Waals surface area contributed by atoms with Crippen LogP contribution in [0, 0.1) is 0 Å². The SMILES string of the molecule is CCCCCCCOCC(F)(F)C(F)(F)C(F)(F)C(F)(F)C(F)(F)C(F)(F)C(F)(F)C(F)(F)CO. The Morgan fingerprint density at radius 2 is 0.829 bits per heavy atom. The van der Waals surface area contributed by atoms with E-state index < -0.39 is 67.2 Å². The topological polar surface area (TPSA) is 29.5 Å². The summed E-state index contributed by atoms with van der Waals surface area (Å²) >= 11 is 0. The van der Waals surface area contributed by atoms with Crippen molar-refractivity contribution in [1.82, 2.24) is 0 Å². The number of aliphatic hydroxyl groups is 1. The Bertz CT molecular complexity index is 677. The average Bonchev–Trinajstić information content (AvgIpc) is 2.71. The molecule has 0 radical (unpaired) electrons. The Kier molecular flexibility index (Phi) is 10.3. The molecule has 35 heavy (non-hydrogen) atoms. The standard InChI is InChI=1S/C17H20F16O2/c1-2-3-4-5-6-7-35-9-11(20,21)13(24,25)15(28,29)17(32,33)16(30,31)14(26,27)12(22,23)10(18,19)8-34/h34H,2-9H2,1H3. The van der Waals surface area contributed by atoms with Gasteiger partial charge in [0.2, 0.25) is 0 Å². The van der Waals surface area contributed by atoms with E-state index in [0.717, 1.165) is 0 Å². The third kappa shape index (κ3) is 5.56. The summed E-state index contributed by atoms with van der Waals surface area (Å²) in [5.74, 6) is -61.9. The molecule has 2 nitrogen and oxygen atoms in total. The Labute approximate surface area is 187 Å². The van der Waals surface area contributed by atoms with Crippen molar-refractivity contribution in [3.05, 3.63) is 0 Å². The lowest BCUT2D eigenvalue weighted by molar-refractivity contribution is -0.455. The number of alkyl halides is 16. The third-order valence-corrected chi connectivity index (χ3v) is 4.76. The summed E-state index contributed by atoms with van der Waals surface area (Å²) in [6.07, 6.45) is 2.00. The van der Waals surface area contributed by atoms with Crippen molar-refractivity contribution in [2.75, 3.05) is 19.8 Å². The number of rotatable bonds is 16. The highest BCUT2D eigenvalue weighted by Crippen LogP contribution is 2.63. The maximum absolute atomic E-state index is 13.7. The van der Waals surface area contributed by atoms with Gasteiger partial charge in [-0.1, -0.05) is 32.6 Å². The molecule has 0 aliphatic heterocycles. The van der Waals surface area contributed by atoms with Crippen LogP contribution in [-0.2, 0) is 4.74 Å². The smallest absolute Gasteiger partial charge is 0.385 e. The molecule has 1 N–H and O–H groups in total. The summed E-state index contributed by atoms with van der Waals surface area (Å²) < 4.78 is 219. The second kappa shape index (κ2) is 10.7. The van der Waals surface area contributed by atoms with Gasteiger partial charge >= 0.3 is 47.4 Å². The maximum atomic E-state index is 13.7. The molecule has 0 atom stereocenters. The van der Waals surface area contributed by atoms with Crippen LogP contribution in [0.4, 0.5) is 70.2 Å². The maximum Gasteiger partial charge on any atom is 0.385 e. The molecule has 0 saturated carbocycles. The molecule has 0 aromatic rings. The van der Waals surface area contributed by atoms with E-state index in [1.807, 2.05) is 0 Å². The predicted molar refractivity (Wildman–Crippen MR) is 86.2 cm³/mol. The van der Waals surface area contributed by atoms with Crippen LogP contribution in [0.3, 0.4) is 0 Å². The van der Waals surface area contributed by atoms with Gasteiger partial charge in [0.15, 0.2) is 0 Å². The number of aliphatic hydroxyl groups excluding tert-OH is 1. The number of hydrogen-bond acceptors (Lipinski definition) is 2. The first kappa shape index (κ1) is 33.8. The fourth-order valence-electron chi connectivity index (χ4n) is 2.45. The van der Waals surface area contributed by atoms with E-state index in [9.17, 15) is 70.2 Å². The third-order valence-electron chi connectivity index (χ3n) is 4.76. The summed E-state index contributed by atoms with van der Waals surface area (Å²) in [6.45, 7) is -5.26. The number of ether oxygens (including phenoxy) is 1. The summed E-state index contributed by atoms with van der Waals surface area (Å²) in [5.41, 5.74) is 0. The van der Waals surface area contributed by atoms with Gasteiger partial charge in [0.05, 0.1) is 0 Å². The van der Waals surface area contributed by atoms with E-state index in [2.05, 4.69) is 4.74 Å². The lowest BCUT2D eigenvalue weighted by atomic mass is 9.88. The van der Waals surface area contributed by atoms with Gasteiger partial charge in [-0.25, -0.2) is 0 Å². The van der Waals surface area contributed by atoms with Crippen LogP contribution in [0.1, 0.15) is 39.0 Å². The average molecular weight is 560 g/mol. The van der Waals surface area contributed by atoms with E-state index in [1.165, 1.54) is 0 Å². The zero-order valence-corrected chi connectivity index (χ0v) is 17.6. The Morgan fingerprint density at radius 1 is 0.486 bits per heavy atom. The minimum absolute atomic E-state index is 0.118. The molecule has 0 spiro atoms. The van der Waals surface area contributed by atoms with Crippen LogP contribution >= 0.6 is 0 Å². The van der Waals surface area contributed by atoms with Crippen molar-refractivity contribution in [2.24, 2.45) is 0 Å². The van der Waals surface area contributed by atoms with Gasteiger partial charge < -0.3 is 9.84 Å². The highest BCUT2D eigenvalue weighted by molar-refractivity contribution is 5.15. The molecule has 0 bridgehead atoms. The summed E-state index contributed by atoms with van der Waals surface area (Å²) in [6, 6.07) is 0. The molecule has 0 aromatic carbocycles. The molecule has 0 amide bonds. The van der Waals surface area contributed by atoms with Crippen molar-refractivity contribution < 1.29 is 80.1 Å². The first-order valence-electron chi connectivity index (χ1n) is 9.58. The molecule has 212 valence electrons. The van der Waals surface area contributed by atoms with E-state index in [1.54, 1.807) is 6.92 Å². The lowest BCUT2D eigenvalue weighted by Crippen LogP contribution is -2.75. The number of hydrogen-bond donors (Lipinski definition) is 1. The minimum atomic E-state index is -8.48. The van der Waals surface area contributed by atoms with E-state index in [0.29, 0.717) is 19.3 Å². The van der Waals surface area contributed by atoms with Crippen LogP contribution in [-0.4, -0.2) is 72.3 Å². The van der Waals surface area contributed by atoms with Crippen LogP contribution < -0.4 is 0 Å². The molecule has 0 fully saturated rings. The molecular weight excluding hydrogens is 540 g/mol. The zero-order valence-electron chi connectivity index (χ0n) is 17.6. The number of unbranched alkanes of at least 4 members (excludes halogenated alkanes) is 4. The predicted octanol–water partition coefficient (Wildman–Crippen LogP) is 7.05. The van der Waals surface area contributed by atoms with Crippen molar-refractivity contribution in [3.63, 3.8) is 0 Å². The van der Waals surface area contributed by atoms with E-state index in [-0.39, 0.29) is 12.8 Å². The first-order chi connectivity index (χ1) is 15.4. The number of halogens is 16. The van der Waals surface area contributed by atoms with Crippen LogP contribution in [0.25, 0.3) is 0 Å². The molecule has 18 heteroatoms. The second-order valence-electron chi connectivity index (χ2n) is 7.48. The fourth-order valence-corrected chi connectivity index (χ4v) is 2.45. The van der Waals surface area contributed by atoms with E-state index in [4.69, 9.17) is 5.11 Å². The van der Waals surface area contributed by atoms with Crippen molar-refractivity contribution >= 4 is 0 Å². The second-order valence-corrected chi connectivity index (χ2v) is 7.48. The Hall–Kier alpha value is -1.20. The van der Waals surface area contributed by atoms with Gasteiger partial charge in [0.1, 0.15) is 13.2 Å². The highest BCUT2D eigenvalue weighted by atomic mass is 19.4. The molecule has 0 aromatic heterocycles. The summed E-state index contributed by atoms with van der Waals surface area (Å²) in [7, 11) is 0. The molecule has 0 aliphatic rings. The molecule has 0 heterocycles. The van der Waals surface area contributed by atoms with Gasteiger partial charge in [-0.3, -0.25) is 0 Å². The van der Waals surface area contributed by atoms with Gasteiger partial charge in [-0.2, -0.15) is 70.2 Å². The first-order valence-corrected chi connectivity index (χ1v) is 9.58. The van der Waals surface area contributed by atoms with Crippen molar-refractivity contribution in [2.45, 2.75) is 86.4 Å². The van der Waals surface area contributed by atoms with Gasteiger partial charge in [0.25, 0.3) is 0 Å². The molecular formula is C17H20F16O2. The molecule has 0 unspecified atom stereocenters. The van der Waals surface area contributed by atoms with Crippen LogP contribution in [0.2, 0.25) is 0 Å². The van der Waals surface area contributed by atoms with Gasteiger partial charge in [-0.15, -0.1) is 0 Å². The highest BCUT2D eigenvalue weighted by Gasteiger charge is 2.94. The van der Waals surface area contributed by atoms with Crippen molar-refractivity contribution in [3.8, 4) is 0 Å². The van der Waals surface area contributed by atoms with Crippen LogP contribution in [0.15, 0.2) is 0 Å².